The highest BCUT2D eigenvalue weighted by atomic mass is 19.4. The van der Waals surface area contributed by atoms with Gasteiger partial charge in [-0.2, -0.15) is 13.2 Å². The van der Waals surface area contributed by atoms with Crippen LogP contribution in [0.25, 0.3) is 0 Å². The summed E-state index contributed by atoms with van der Waals surface area (Å²) in [5.41, 5.74) is 1.17. The lowest BCUT2D eigenvalue weighted by molar-refractivity contribution is -0.0696. The molecule has 0 saturated heterocycles. The summed E-state index contributed by atoms with van der Waals surface area (Å²) in [6, 6.07) is 6.70. The van der Waals surface area contributed by atoms with Crippen molar-refractivity contribution in [1.82, 2.24) is 0 Å². The van der Waals surface area contributed by atoms with Crippen molar-refractivity contribution in [3.63, 3.8) is 0 Å². The van der Waals surface area contributed by atoms with E-state index in [4.69, 9.17) is 0 Å². The van der Waals surface area contributed by atoms with Crippen LogP contribution in [0.3, 0.4) is 0 Å². The molecule has 0 unspecified atom stereocenters. The number of hydrogen-bond donors (Lipinski definition) is 0. The standard InChI is InChI=1S/C10H7F3/c1-8-4-2-3-5-9(8)6-7-10(11,12)13/h2-5H,1H3. The maximum absolute atomic E-state index is 11.7. The highest BCUT2D eigenvalue weighted by Gasteiger charge is 2.22. The van der Waals surface area contributed by atoms with Crippen LogP contribution in [0.2, 0.25) is 0 Å². The van der Waals surface area contributed by atoms with E-state index >= 15 is 0 Å². The van der Waals surface area contributed by atoms with Crippen LogP contribution in [-0.2, 0) is 0 Å². The molecular formula is C10H7F3. The second-order valence-electron chi connectivity index (χ2n) is 2.56. The van der Waals surface area contributed by atoms with E-state index in [1.54, 1.807) is 31.2 Å². The predicted molar refractivity (Wildman–Crippen MR) is 44.1 cm³/mol. The Balaban J connectivity index is 2.97. The van der Waals surface area contributed by atoms with Crippen LogP contribution < -0.4 is 0 Å². The van der Waals surface area contributed by atoms with E-state index in [-0.39, 0.29) is 0 Å². The molecule has 13 heavy (non-hydrogen) atoms. The fourth-order valence-corrected chi connectivity index (χ4v) is 0.851. The molecule has 0 heterocycles. The van der Waals surface area contributed by atoms with Crippen LogP contribution >= 0.6 is 0 Å². The molecule has 0 fully saturated rings. The number of rotatable bonds is 0. The third-order valence-corrected chi connectivity index (χ3v) is 1.48. The Bertz CT molecular complexity index is 352. The fraction of sp³-hybridized carbons (Fsp3) is 0.200. The van der Waals surface area contributed by atoms with Crippen molar-refractivity contribution < 1.29 is 13.2 Å². The monoisotopic (exact) mass is 184 g/mol. The van der Waals surface area contributed by atoms with Gasteiger partial charge in [-0.1, -0.05) is 24.1 Å². The van der Waals surface area contributed by atoms with Gasteiger partial charge in [-0.05, 0) is 18.6 Å². The summed E-state index contributed by atoms with van der Waals surface area (Å²) >= 11 is 0. The van der Waals surface area contributed by atoms with E-state index in [2.05, 4.69) is 5.92 Å². The molecule has 68 valence electrons. The number of aryl methyl sites for hydroxylation is 1. The minimum absolute atomic E-state index is 0.417. The topological polar surface area (TPSA) is 0 Å². The van der Waals surface area contributed by atoms with Gasteiger partial charge < -0.3 is 0 Å². The largest absolute Gasteiger partial charge is 0.458 e. The molecule has 1 aromatic carbocycles. The second kappa shape index (κ2) is 3.53. The van der Waals surface area contributed by atoms with Gasteiger partial charge in [-0.3, -0.25) is 0 Å². The third-order valence-electron chi connectivity index (χ3n) is 1.48. The molecule has 0 radical (unpaired) electrons. The Morgan fingerprint density at radius 3 is 2.31 bits per heavy atom. The molecule has 0 aliphatic carbocycles. The van der Waals surface area contributed by atoms with E-state index in [0.29, 0.717) is 5.56 Å². The molecule has 0 nitrogen and oxygen atoms in total. The van der Waals surface area contributed by atoms with Crippen LogP contribution in [0.5, 0.6) is 0 Å². The minimum atomic E-state index is -4.41. The van der Waals surface area contributed by atoms with Crippen LogP contribution in [0.1, 0.15) is 11.1 Å². The molecule has 0 bridgehead atoms. The fourth-order valence-electron chi connectivity index (χ4n) is 0.851. The average molecular weight is 184 g/mol. The van der Waals surface area contributed by atoms with Crippen molar-refractivity contribution in [2.45, 2.75) is 13.1 Å². The molecule has 0 amide bonds. The van der Waals surface area contributed by atoms with E-state index in [9.17, 15) is 13.2 Å². The molecule has 1 rings (SSSR count). The summed E-state index contributed by atoms with van der Waals surface area (Å²) < 4.78 is 35.1. The first kappa shape index (κ1) is 9.66. The molecule has 1 aromatic rings. The van der Waals surface area contributed by atoms with Crippen LogP contribution in [0.4, 0.5) is 13.2 Å². The zero-order chi connectivity index (χ0) is 9.90. The van der Waals surface area contributed by atoms with Crippen molar-refractivity contribution in [3.8, 4) is 11.8 Å². The van der Waals surface area contributed by atoms with E-state index in [1.807, 2.05) is 0 Å². The van der Waals surface area contributed by atoms with Gasteiger partial charge in [0, 0.05) is 11.5 Å². The maximum atomic E-state index is 11.7. The van der Waals surface area contributed by atoms with Gasteiger partial charge in [0.05, 0.1) is 0 Å². The molecular weight excluding hydrogens is 177 g/mol. The third kappa shape index (κ3) is 3.20. The van der Waals surface area contributed by atoms with Crippen LogP contribution in [0.15, 0.2) is 24.3 Å². The molecule has 0 atom stereocenters. The number of alkyl halides is 3. The number of hydrogen-bond acceptors (Lipinski definition) is 0. The summed E-state index contributed by atoms with van der Waals surface area (Å²) in [5, 5.41) is 0. The smallest absolute Gasteiger partial charge is 0.159 e. The Labute approximate surface area is 74.4 Å². The maximum Gasteiger partial charge on any atom is 0.458 e. The van der Waals surface area contributed by atoms with Crippen molar-refractivity contribution in [2.75, 3.05) is 0 Å². The van der Waals surface area contributed by atoms with Crippen molar-refractivity contribution in [1.29, 1.82) is 0 Å². The van der Waals surface area contributed by atoms with Crippen LogP contribution in [0, 0.1) is 18.8 Å². The summed E-state index contributed by atoms with van der Waals surface area (Å²) in [4.78, 5) is 0. The Kier molecular flexibility index (Phi) is 2.62. The quantitative estimate of drug-likeness (QED) is 0.544. The number of halogens is 3. The molecule has 0 aliphatic rings. The van der Waals surface area contributed by atoms with Crippen molar-refractivity contribution in [3.05, 3.63) is 35.4 Å². The average Bonchev–Trinajstić information content (AvgIpc) is 2.01. The Morgan fingerprint density at radius 2 is 1.77 bits per heavy atom. The van der Waals surface area contributed by atoms with Crippen molar-refractivity contribution >= 4 is 0 Å². The Hall–Kier alpha value is -1.43. The molecule has 0 aromatic heterocycles. The normalized spacial score (nSPS) is 10.5. The first-order chi connectivity index (χ1) is 5.99. The van der Waals surface area contributed by atoms with E-state index in [1.165, 1.54) is 5.92 Å². The Morgan fingerprint density at radius 1 is 1.15 bits per heavy atom. The van der Waals surface area contributed by atoms with Gasteiger partial charge in [-0.15, -0.1) is 0 Å². The van der Waals surface area contributed by atoms with Gasteiger partial charge in [0.2, 0.25) is 0 Å². The minimum Gasteiger partial charge on any atom is -0.159 e. The molecule has 0 aliphatic heterocycles. The van der Waals surface area contributed by atoms with Gasteiger partial charge >= 0.3 is 6.18 Å². The van der Waals surface area contributed by atoms with Crippen molar-refractivity contribution in [2.24, 2.45) is 0 Å². The lowest BCUT2D eigenvalue weighted by atomic mass is 10.1. The zero-order valence-corrected chi connectivity index (χ0v) is 6.94. The number of benzene rings is 1. The molecule has 0 N–H and O–H groups in total. The predicted octanol–water partition coefficient (Wildman–Crippen LogP) is 2.91. The highest BCUT2D eigenvalue weighted by Crippen LogP contribution is 2.13. The van der Waals surface area contributed by atoms with Gasteiger partial charge in [-0.25, -0.2) is 0 Å². The zero-order valence-electron chi connectivity index (χ0n) is 6.94. The molecule has 0 spiro atoms. The van der Waals surface area contributed by atoms with Crippen LogP contribution in [-0.4, -0.2) is 6.18 Å². The summed E-state index contributed by atoms with van der Waals surface area (Å²) in [5.74, 6) is 3.31. The van der Waals surface area contributed by atoms with Gasteiger partial charge in [0.1, 0.15) is 0 Å². The first-order valence-corrected chi connectivity index (χ1v) is 3.64. The SMILES string of the molecule is Cc1ccccc1C#CC(F)(F)F. The second-order valence-corrected chi connectivity index (χ2v) is 2.56. The lowest BCUT2D eigenvalue weighted by Crippen LogP contribution is -2.01. The first-order valence-electron chi connectivity index (χ1n) is 3.64. The summed E-state index contributed by atoms with van der Waals surface area (Å²) in [6.45, 7) is 1.72. The summed E-state index contributed by atoms with van der Waals surface area (Å²) in [7, 11) is 0. The summed E-state index contributed by atoms with van der Waals surface area (Å²) in [6.07, 6.45) is -4.41. The lowest BCUT2D eigenvalue weighted by Gasteiger charge is -1.96. The highest BCUT2D eigenvalue weighted by molar-refractivity contribution is 5.40. The van der Waals surface area contributed by atoms with E-state index < -0.39 is 6.18 Å². The van der Waals surface area contributed by atoms with Gasteiger partial charge in [0.15, 0.2) is 0 Å². The van der Waals surface area contributed by atoms with E-state index in [0.717, 1.165) is 5.56 Å². The molecule has 3 heteroatoms. The van der Waals surface area contributed by atoms with Gasteiger partial charge in [0.25, 0.3) is 0 Å². The molecule has 0 saturated carbocycles.